The summed E-state index contributed by atoms with van der Waals surface area (Å²) < 4.78 is 1.96. The number of aromatic nitrogens is 4. The van der Waals surface area contributed by atoms with E-state index in [-0.39, 0.29) is 0 Å². The third-order valence-electron chi connectivity index (χ3n) is 3.19. The predicted molar refractivity (Wildman–Crippen MR) is 65.0 cm³/mol. The molecule has 2 N–H and O–H groups in total. The molecular formula is C12H15N5. The molecule has 17 heavy (non-hydrogen) atoms. The zero-order chi connectivity index (χ0) is 12.0. The number of imidazole rings is 1. The maximum Gasteiger partial charge on any atom is 0.143 e. The van der Waals surface area contributed by atoms with Crippen molar-refractivity contribution >= 4 is 5.82 Å². The van der Waals surface area contributed by atoms with Crippen molar-refractivity contribution < 1.29 is 0 Å². The molecule has 0 saturated heterocycles. The average Bonchev–Trinajstić information content (AvgIpc) is 3.07. The largest absolute Gasteiger partial charge is 0.384 e. The van der Waals surface area contributed by atoms with Crippen LogP contribution >= 0.6 is 0 Å². The highest BCUT2D eigenvalue weighted by Crippen LogP contribution is 2.38. The van der Waals surface area contributed by atoms with Crippen molar-refractivity contribution in [2.24, 2.45) is 0 Å². The quantitative estimate of drug-likeness (QED) is 0.851. The van der Waals surface area contributed by atoms with Crippen LogP contribution < -0.4 is 5.73 Å². The van der Waals surface area contributed by atoms with E-state index in [2.05, 4.69) is 15.0 Å². The van der Waals surface area contributed by atoms with E-state index in [0.717, 1.165) is 23.0 Å². The Morgan fingerprint density at radius 1 is 1.29 bits per heavy atom. The Morgan fingerprint density at radius 2 is 2.06 bits per heavy atom. The van der Waals surface area contributed by atoms with Crippen LogP contribution in [0.1, 0.15) is 36.0 Å². The summed E-state index contributed by atoms with van der Waals surface area (Å²) in [6.07, 6.45) is 4.12. The van der Waals surface area contributed by atoms with Crippen molar-refractivity contribution in [3.05, 3.63) is 29.6 Å². The molecule has 1 aliphatic carbocycles. The fourth-order valence-corrected chi connectivity index (χ4v) is 1.85. The van der Waals surface area contributed by atoms with Gasteiger partial charge in [0.1, 0.15) is 23.8 Å². The van der Waals surface area contributed by atoms with Crippen molar-refractivity contribution in [3.63, 3.8) is 0 Å². The molecule has 1 aliphatic rings. The van der Waals surface area contributed by atoms with Gasteiger partial charge in [-0.25, -0.2) is 15.0 Å². The fourth-order valence-electron chi connectivity index (χ4n) is 1.85. The Morgan fingerprint density at radius 3 is 2.65 bits per heavy atom. The molecule has 2 aromatic rings. The van der Waals surface area contributed by atoms with Crippen LogP contribution in [0.2, 0.25) is 0 Å². The monoisotopic (exact) mass is 229 g/mol. The van der Waals surface area contributed by atoms with Crippen molar-refractivity contribution in [3.8, 4) is 5.82 Å². The number of anilines is 1. The highest BCUT2D eigenvalue weighted by atomic mass is 15.1. The van der Waals surface area contributed by atoms with E-state index in [9.17, 15) is 0 Å². The first-order chi connectivity index (χ1) is 8.15. The lowest BCUT2D eigenvalue weighted by molar-refractivity contribution is 0.869. The molecule has 0 spiro atoms. The number of rotatable bonds is 2. The van der Waals surface area contributed by atoms with Crippen molar-refractivity contribution in [2.75, 3.05) is 5.73 Å². The summed E-state index contributed by atoms with van der Waals surface area (Å²) in [7, 11) is 0. The van der Waals surface area contributed by atoms with Crippen LogP contribution in [0.15, 0.2) is 12.4 Å². The molecule has 5 nitrogen and oxygen atoms in total. The summed E-state index contributed by atoms with van der Waals surface area (Å²) >= 11 is 0. The molecule has 0 aliphatic heterocycles. The van der Waals surface area contributed by atoms with Gasteiger partial charge in [-0.3, -0.25) is 4.57 Å². The minimum Gasteiger partial charge on any atom is -0.384 e. The number of nitrogens with zero attached hydrogens (tertiary/aromatic N) is 4. The molecule has 2 aromatic heterocycles. The number of hydrogen-bond acceptors (Lipinski definition) is 4. The first-order valence-corrected chi connectivity index (χ1v) is 5.80. The van der Waals surface area contributed by atoms with Crippen LogP contribution in [0.3, 0.4) is 0 Å². The molecule has 0 radical (unpaired) electrons. The second-order valence-corrected chi connectivity index (χ2v) is 4.57. The van der Waals surface area contributed by atoms with Gasteiger partial charge in [0.25, 0.3) is 0 Å². The highest BCUT2D eigenvalue weighted by Gasteiger charge is 2.27. The Bertz CT molecular complexity index is 568. The Labute approximate surface area is 99.7 Å². The third-order valence-corrected chi connectivity index (χ3v) is 3.19. The zero-order valence-corrected chi connectivity index (χ0v) is 10.0. The molecule has 88 valence electrons. The first kappa shape index (κ1) is 10.3. The maximum atomic E-state index is 5.83. The molecule has 0 aromatic carbocycles. The standard InChI is InChI=1S/C12H15N5/c1-7-8(2)17(6-14-7)11-5-10(13)15-12(16-11)9-3-4-9/h5-6,9H,3-4H2,1-2H3,(H2,13,15,16). The van der Waals surface area contributed by atoms with Crippen LogP contribution in [-0.4, -0.2) is 19.5 Å². The van der Waals surface area contributed by atoms with Gasteiger partial charge in [-0.1, -0.05) is 0 Å². The summed E-state index contributed by atoms with van der Waals surface area (Å²) in [5, 5.41) is 0. The number of hydrogen-bond donors (Lipinski definition) is 1. The molecule has 3 rings (SSSR count). The van der Waals surface area contributed by atoms with Gasteiger partial charge in [0.15, 0.2) is 0 Å². The molecule has 2 heterocycles. The van der Waals surface area contributed by atoms with Gasteiger partial charge < -0.3 is 5.73 Å². The van der Waals surface area contributed by atoms with E-state index in [1.807, 2.05) is 18.4 Å². The van der Waals surface area contributed by atoms with Gasteiger partial charge >= 0.3 is 0 Å². The Balaban J connectivity index is 2.10. The van der Waals surface area contributed by atoms with Gasteiger partial charge in [-0.15, -0.1) is 0 Å². The lowest BCUT2D eigenvalue weighted by Gasteiger charge is -2.07. The third kappa shape index (κ3) is 1.77. The highest BCUT2D eigenvalue weighted by molar-refractivity contribution is 5.40. The minimum absolute atomic E-state index is 0.502. The molecular weight excluding hydrogens is 214 g/mol. The van der Waals surface area contributed by atoms with Crippen LogP contribution in [-0.2, 0) is 0 Å². The van der Waals surface area contributed by atoms with Crippen LogP contribution in [0.25, 0.3) is 5.82 Å². The Hall–Kier alpha value is -1.91. The SMILES string of the molecule is Cc1ncn(-c2cc(N)nc(C3CC3)n2)c1C. The lowest BCUT2D eigenvalue weighted by atomic mass is 10.3. The van der Waals surface area contributed by atoms with E-state index in [1.165, 1.54) is 12.8 Å². The molecule has 1 saturated carbocycles. The summed E-state index contributed by atoms with van der Waals surface area (Å²) in [5.41, 5.74) is 7.93. The van der Waals surface area contributed by atoms with E-state index in [4.69, 9.17) is 5.73 Å². The van der Waals surface area contributed by atoms with Gasteiger partial charge in [0, 0.05) is 17.7 Å². The van der Waals surface area contributed by atoms with E-state index in [0.29, 0.717) is 11.7 Å². The predicted octanol–water partition coefficient (Wildman–Crippen LogP) is 1.74. The second kappa shape index (κ2) is 3.55. The Kier molecular flexibility index (Phi) is 2.14. The van der Waals surface area contributed by atoms with Crippen molar-refractivity contribution in [1.82, 2.24) is 19.5 Å². The van der Waals surface area contributed by atoms with Crippen LogP contribution in [0.4, 0.5) is 5.82 Å². The van der Waals surface area contributed by atoms with E-state index >= 15 is 0 Å². The number of aryl methyl sites for hydroxylation is 1. The van der Waals surface area contributed by atoms with Crippen molar-refractivity contribution in [1.29, 1.82) is 0 Å². The zero-order valence-electron chi connectivity index (χ0n) is 10.0. The summed E-state index contributed by atoms with van der Waals surface area (Å²) in [4.78, 5) is 13.1. The maximum absolute atomic E-state index is 5.83. The molecule has 5 heteroatoms. The van der Waals surface area contributed by atoms with E-state index < -0.39 is 0 Å². The van der Waals surface area contributed by atoms with Crippen molar-refractivity contribution in [2.45, 2.75) is 32.6 Å². The molecule has 1 fully saturated rings. The normalized spacial score (nSPS) is 15.2. The number of nitrogen functional groups attached to an aromatic ring is 1. The molecule has 0 atom stereocenters. The number of nitrogens with two attached hydrogens (primary N) is 1. The van der Waals surface area contributed by atoms with Gasteiger partial charge in [0.05, 0.1) is 5.69 Å². The van der Waals surface area contributed by atoms with Crippen LogP contribution in [0, 0.1) is 13.8 Å². The van der Waals surface area contributed by atoms with Gasteiger partial charge in [-0.05, 0) is 26.7 Å². The average molecular weight is 229 g/mol. The smallest absolute Gasteiger partial charge is 0.143 e. The lowest BCUT2D eigenvalue weighted by Crippen LogP contribution is -2.05. The van der Waals surface area contributed by atoms with Gasteiger partial charge in [0.2, 0.25) is 0 Å². The molecule has 0 unspecified atom stereocenters. The van der Waals surface area contributed by atoms with Gasteiger partial charge in [-0.2, -0.15) is 0 Å². The first-order valence-electron chi connectivity index (χ1n) is 5.80. The second-order valence-electron chi connectivity index (χ2n) is 4.57. The summed E-state index contributed by atoms with van der Waals surface area (Å²) in [6, 6.07) is 1.79. The summed E-state index contributed by atoms with van der Waals surface area (Å²) in [6.45, 7) is 4.01. The fraction of sp³-hybridized carbons (Fsp3) is 0.417. The minimum atomic E-state index is 0.502. The molecule has 0 bridgehead atoms. The molecule has 0 amide bonds. The summed E-state index contributed by atoms with van der Waals surface area (Å²) in [5.74, 6) is 2.72. The van der Waals surface area contributed by atoms with E-state index in [1.54, 1.807) is 12.4 Å². The van der Waals surface area contributed by atoms with Crippen LogP contribution in [0.5, 0.6) is 0 Å². The topological polar surface area (TPSA) is 69.6 Å².